The van der Waals surface area contributed by atoms with Crippen LogP contribution in [0.15, 0.2) is 47.1 Å². The number of halogens is 2. The third kappa shape index (κ3) is 4.34. The fourth-order valence-corrected chi connectivity index (χ4v) is 4.24. The quantitative estimate of drug-likeness (QED) is 0.534. The fourth-order valence-electron chi connectivity index (χ4n) is 3.86. The Morgan fingerprint density at radius 3 is 2.68 bits per heavy atom. The molecule has 2 N–H and O–H groups in total. The van der Waals surface area contributed by atoms with E-state index in [1.165, 1.54) is 9.58 Å². The summed E-state index contributed by atoms with van der Waals surface area (Å²) in [6.07, 6.45) is -1.34. The summed E-state index contributed by atoms with van der Waals surface area (Å²) < 4.78 is 16.2. The molecule has 0 radical (unpaired) electrons. The minimum absolute atomic E-state index is 0.00285. The molecular weight excluding hydrogens is 469 g/mol. The zero-order valence-electron chi connectivity index (χ0n) is 16.4. The summed E-state index contributed by atoms with van der Waals surface area (Å²) in [6.45, 7) is -0.400. The van der Waals surface area contributed by atoms with E-state index in [1.54, 1.807) is 42.5 Å². The third-order valence-corrected chi connectivity index (χ3v) is 5.69. The largest absolute Gasteiger partial charge is 0.364 e. The number of nitrogens with zero attached hydrogens (tertiary/aromatic N) is 4. The molecule has 1 saturated heterocycles. The molecule has 4 rings (SSSR count). The maximum absolute atomic E-state index is 14.2. The molecule has 2 amide bonds. The number of benzene rings is 1. The SMILES string of the molecule is NC(=O)c1nn(CC(=O)N2C[C@H](F)C[C@H]2C(=O)Cc2cccc(Br)n2)c2ccccc12. The number of alkyl halides is 1. The van der Waals surface area contributed by atoms with Gasteiger partial charge < -0.3 is 10.6 Å². The van der Waals surface area contributed by atoms with Gasteiger partial charge in [0.25, 0.3) is 5.91 Å². The van der Waals surface area contributed by atoms with Gasteiger partial charge in [-0.1, -0.05) is 24.3 Å². The minimum atomic E-state index is -1.29. The Bertz CT molecular complexity index is 1180. The lowest BCUT2D eigenvalue weighted by atomic mass is 10.0. The van der Waals surface area contributed by atoms with Crippen LogP contribution in [-0.4, -0.2) is 56.0 Å². The molecule has 3 heterocycles. The van der Waals surface area contributed by atoms with Crippen LogP contribution < -0.4 is 5.73 Å². The molecule has 0 spiro atoms. The van der Waals surface area contributed by atoms with E-state index in [-0.39, 0.29) is 37.4 Å². The van der Waals surface area contributed by atoms with E-state index >= 15 is 0 Å². The van der Waals surface area contributed by atoms with Crippen molar-refractivity contribution in [1.29, 1.82) is 0 Å². The number of carbonyl (C=O) groups excluding carboxylic acids is 3. The Labute approximate surface area is 185 Å². The lowest BCUT2D eigenvalue weighted by Gasteiger charge is -2.23. The Morgan fingerprint density at radius 1 is 1.16 bits per heavy atom. The summed E-state index contributed by atoms with van der Waals surface area (Å²) in [5.74, 6) is -1.44. The first kappa shape index (κ1) is 21.1. The predicted molar refractivity (Wildman–Crippen MR) is 114 cm³/mol. The maximum atomic E-state index is 14.2. The third-order valence-electron chi connectivity index (χ3n) is 5.25. The molecule has 8 nitrogen and oxygen atoms in total. The molecule has 31 heavy (non-hydrogen) atoms. The zero-order chi connectivity index (χ0) is 22.1. The van der Waals surface area contributed by atoms with Crippen molar-refractivity contribution in [2.75, 3.05) is 6.54 Å². The Hall–Kier alpha value is -3.14. The van der Waals surface area contributed by atoms with Crippen LogP contribution in [0.3, 0.4) is 0 Å². The van der Waals surface area contributed by atoms with Gasteiger partial charge in [0.05, 0.1) is 24.5 Å². The predicted octanol–water partition coefficient (Wildman–Crippen LogP) is 2.04. The first-order chi connectivity index (χ1) is 14.8. The van der Waals surface area contributed by atoms with Crippen molar-refractivity contribution >= 4 is 44.4 Å². The van der Waals surface area contributed by atoms with Crippen LogP contribution >= 0.6 is 15.9 Å². The van der Waals surface area contributed by atoms with Gasteiger partial charge in [-0.2, -0.15) is 5.10 Å². The van der Waals surface area contributed by atoms with Gasteiger partial charge in [0.2, 0.25) is 5.91 Å². The first-order valence-electron chi connectivity index (χ1n) is 9.66. The molecule has 10 heteroatoms. The van der Waals surface area contributed by atoms with Crippen LogP contribution in [0.1, 0.15) is 22.6 Å². The molecule has 2 atom stereocenters. The molecule has 0 unspecified atom stereocenters. The van der Waals surface area contributed by atoms with Gasteiger partial charge in [0, 0.05) is 17.5 Å². The number of fused-ring (bicyclic) bond motifs is 1. The average molecular weight is 488 g/mol. The number of hydrogen-bond acceptors (Lipinski definition) is 5. The molecule has 0 aliphatic carbocycles. The number of pyridine rings is 1. The van der Waals surface area contributed by atoms with Gasteiger partial charge in [-0.3, -0.25) is 19.1 Å². The topological polar surface area (TPSA) is 111 Å². The van der Waals surface area contributed by atoms with Gasteiger partial charge in [0.1, 0.15) is 17.3 Å². The fraction of sp³-hybridized carbons (Fsp3) is 0.286. The van der Waals surface area contributed by atoms with E-state index < -0.39 is 24.0 Å². The van der Waals surface area contributed by atoms with Crippen LogP contribution in [-0.2, 0) is 22.6 Å². The van der Waals surface area contributed by atoms with Gasteiger partial charge in [-0.25, -0.2) is 9.37 Å². The Kier molecular flexibility index (Phi) is 5.81. The molecule has 1 aliphatic heterocycles. The van der Waals surface area contributed by atoms with Gasteiger partial charge in [-0.15, -0.1) is 0 Å². The van der Waals surface area contributed by atoms with E-state index in [9.17, 15) is 18.8 Å². The van der Waals surface area contributed by atoms with Crippen molar-refractivity contribution in [3.8, 4) is 0 Å². The first-order valence-corrected chi connectivity index (χ1v) is 10.5. The second kappa shape index (κ2) is 8.54. The van der Waals surface area contributed by atoms with Crippen LogP contribution in [0.5, 0.6) is 0 Å². The highest BCUT2D eigenvalue weighted by Crippen LogP contribution is 2.24. The summed E-state index contributed by atoms with van der Waals surface area (Å²) in [4.78, 5) is 43.0. The highest BCUT2D eigenvalue weighted by Gasteiger charge is 2.39. The maximum Gasteiger partial charge on any atom is 0.269 e. The van der Waals surface area contributed by atoms with Crippen molar-refractivity contribution in [2.24, 2.45) is 5.73 Å². The van der Waals surface area contributed by atoms with Crippen LogP contribution in [0.4, 0.5) is 4.39 Å². The Morgan fingerprint density at radius 2 is 1.94 bits per heavy atom. The molecule has 1 aromatic carbocycles. The average Bonchev–Trinajstić information content (AvgIpc) is 3.29. The summed E-state index contributed by atoms with van der Waals surface area (Å²) in [7, 11) is 0. The molecule has 3 aromatic rings. The highest BCUT2D eigenvalue weighted by atomic mass is 79.9. The molecule has 160 valence electrons. The number of likely N-dealkylation sites (tertiary alicyclic amines) is 1. The van der Waals surface area contributed by atoms with Gasteiger partial charge in [-0.05, 0) is 34.1 Å². The number of aromatic nitrogens is 3. The summed E-state index contributed by atoms with van der Waals surface area (Å²) >= 11 is 3.26. The minimum Gasteiger partial charge on any atom is -0.364 e. The second-order valence-corrected chi connectivity index (χ2v) is 8.19. The summed E-state index contributed by atoms with van der Waals surface area (Å²) in [5, 5.41) is 4.70. The van der Waals surface area contributed by atoms with Crippen LogP contribution in [0.25, 0.3) is 10.9 Å². The van der Waals surface area contributed by atoms with E-state index in [0.717, 1.165) is 0 Å². The van der Waals surface area contributed by atoms with E-state index in [2.05, 4.69) is 26.0 Å². The van der Waals surface area contributed by atoms with Crippen LogP contribution in [0.2, 0.25) is 0 Å². The lowest BCUT2D eigenvalue weighted by Crippen LogP contribution is -2.43. The van der Waals surface area contributed by atoms with Crippen molar-refractivity contribution in [2.45, 2.75) is 31.6 Å². The van der Waals surface area contributed by atoms with Crippen molar-refractivity contribution in [3.63, 3.8) is 0 Å². The van der Waals surface area contributed by atoms with Crippen molar-refractivity contribution in [3.05, 3.63) is 58.5 Å². The van der Waals surface area contributed by atoms with Crippen molar-refractivity contribution in [1.82, 2.24) is 19.7 Å². The standard InChI is InChI=1S/C21H19BrFN5O3/c22-18-7-3-4-13(25-18)9-17(29)16-8-12(23)10-27(16)19(30)11-28-15-6-2-1-5-14(15)20(26-28)21(24)31/h1-7,12,16H,8-11H2,(H2,24,31)/t12-,16+/m1/s1. The molecule has 1 aliphatic rings. The van der Waals surface area contributed by atoms with E-state index in [1.807, 2.05) is 0 Å². The zero-order valence-corrected chi connectivity index (χ0v) is 18.0. The molecule has 0 saturated carbocycles. The normalized spacial score (nSPS) is 18.5. The number of nitrogens with two attached hydrogens (primary N) is 1. The number of ketones is 1. The number of hydrogen-bond donors (Lipinski definition) is 1. The molecule has 1 fully saturated rings. The highest BCUT2D eigenvalue weighted by molar-refractivity contribution is 9.10. The number of Topliss-reactive ketones (excluding diaryl/α,β-unsaturated/α-hetero) is 1. The number of amides is 2. The summed E-state index contributed by atoms with van der Waals surface area (Å²) in [6, 6.07) is 11.2. The second-order valence-electron chi connectivity index (χ2n) is 7.38. The van der Waals surface area contributed by atoms with Crippen LogP contribution in [0, 0.1) is 0 Å². The van der Waals surface area contributed by atoms with E-state index in [0.29, 0.717) is 21.2 Å². The monoisotopic (exact) mass is 487 g/mol. The number of primary amides is 1. The number of para-hydroxylation sites is 1. The van der Waals surface area contributed by atoms with Gasteiger partial charge >= 0.3 is 0 Å². The molecular formula is C21H19BrFN5O3. The molecule has 2 aromatic heterocycles. The summed E-state index contributed by atoms with van der Waals surface area (Å²) in [5.41, 5.74) is 6.55. The number of carbonyl (C=O) groups is 3. The molecule has 0 bridgehead atoms. The van der Waals surface area contributed by atoms with E-state index in [4.69, 9.17) is 5.73 Å². The van der Waals surface area contributed by atoms with Crippen molar-refractivity contribution < 1.29 is 18.8 Å². The number of rotatable bonds is 6. The smallest absolute Gasteiger partial charge is 0.269 e. The Balaban J connectivity index is 1.55. The van der Waals surface area contributed by atoms with Gasteiger partial charge in [0.15, 0.2) is 11.5 Å². The lowest BCUT2D eigenvalue weighted by molar-refractivity contribution is -0.138.